The fourth-order valence-corrected chi connectivity index (χ4v) is 1.57. The normalized spacial score (nSPS) is 10.3. The Balaban J connectivity index is 2.25. The van der Waals surface area contributed by atoms with Crippen LogP contribution >= 0.6 is 0 Å². The highest BCUT2D eigenvalue weighted by atomic mass is 19.1. The van der Waals surface area contributed by atoms with Crippen molar-refractivity contribution in [2.24, 2.45) is 0 Å². The Hall–Kier alpha value is -2.43. The number of nitrogen functional groups attached to an aromatic ring is 1. The molecule has 0 radical (unpaired) electrons. The lowest BCUT2D eigenvalue weighted by Crippen LogP contribution is -2.02. The molecule has 0 aromatic heterocycles. The lowest BCUT2D eigenvalue weighted by molar-refractivity contribution is 0.584. The molecular formula is C14H11F3N2. The summed E-state index contributed by atoms with van der Waals surface area (Å²) in [6, 6.07) is 7.32. The van der Waals surface area contributed by atoms with Gasteiger partial charge in [-0.2, -0.15) is 0 Å². The van der Waals surface area contributed by atoms with Gasteiger partial charge in [-0.15, -0.1) is 0 Å². The van der Waals surface area contributed by atoms with Gasteiger partial charge in [0.15, 0.2) is 0 Å². The molecule has 0 unspecified atom stereocenters. The zero-order chi connectivity index (χ0) is 14.0. The van der Waals surface area contributed by atoms with Crippen LogP contribution in [0.15, 0.2) is 43.0 Å². The summed E-state index contributed by atoms with van der Waals surface area (Å²) in [7, 11) is 0. The molecular weight excluding hydrogens is 253 g/mol. The second kappa shape index (κ2) is 5.06. The van der Waals surface area contributed by atoms with Gasteiger partial charge in [0, 0.05) is 23.0 Å². The second-order valence-electron chi connectivity index (χ2n) is 3.96. The van der Waals surface area contributed by atoms with Gasteiger partial charge in [-0.1, -0.05) is 6.58 Å². The molecule has 19 heavy (non-hydrogen) atoms. The molecule has 0 saturated heterocycles. The molecule has 2 nitrogen and oxygen atoms in total. The maximum absolute atomic E-state index is 13.6. The van der Waals surface area contributed by atoms with Crippen LogP contribution in [0.2, 0.25) is 0 Å². The van der Waals surface area contributed by atoms with Crippen LogP contribution in [0.1, 0.15) is 5.56 Å². The van der Waals surface area contributed by atoms with E-state index in [0.29, 0.717) is 11.8 Å². The summed E-state index contributed by atoms with van der Waals surface area (Å²) < 4.78 is 39.4. The first-order chi connectivity index (χ1) is 8.97. The average molecular weight is 264 g/mol. The van der Waals surface area contributed by atoms with Gasteiger partial charge in [0.1, 0.15) is 17.5 Å². The predicted octanol–water partition coefficient (Wildman–Crippen LogP) is 3.77. The number of nitrogens with two attached hydrogens (primary N) is 1. The van der Waals surface area contributed by atoms with Crippen LogP contribution in [0, 0.1) is 17.5 Å². The monoisotopic (exact) mass is 264 g/mol. The Bertz CT molecular complexity index is 621. The fraction of sp³-hybridized carbons (Fsp3) is 0. The van der Waals surface area contributed by atoms with E-state index in [-0.39, 0.29) is 22.8 Å². The third-order valence-corrected chi connectivity index (χ3v) is 2.55. The van der Waals surface area contributed by atoms with Crippen molar-refractivity contribution in [2.45, 2.75) is 0 Å². The molecule has 2 aromatic carbocycles. The van der Waals surface area contributed by atoms with Crippen molar-refractivity contribution in [1.29, 1.82) is 0 Å². The molecule has 0 spiro atoms. The topological polar surface area (TPSA) is 38.0 Å². The van der Waals surface area contributed by atoms with E-state index in [9.17, 15) is 13.2 Å². The number of nitrogens with one attached hydrogen (secondary N) is 1. The summed E-state index contributed by atoms with van der Waals surface area (Å²) in [5.41, 5.74) is 6.01. The van der Waals surface area contributed by atoms with E-state index in [1.807, 2.05) is 0 Å². The van der Waals surface area contributed by atoms with Gasteiger partial charge in [0.25, 0.3) is 0 Å². The molecule has 0 saturated carbocycles. The Morgan fingerprint density at radius 1 is 1.00 bits per heavy atom. The quantitative estimate of drug-likeness (QED) is 0.828. The van der Waals surface area contributed by atoms with Gasteiger partial charge in [-0.05, 0) is 30.3 Å². The molecule has 0 heterocycles. The molecule has 0 aliphatic carbocycles. The van der Waals surface area contributed by atoms with Crippen LogP contribution in [0.4, 0.5) is 24.5 Å². The Labute approximate surface area is 108 Å². The SMILES string of the molecule is C=C(Nc1ccc(F)cc1)c1cc(N)c(F)cc1F. The Kier molecular flexibility index (Phi) is 3.46. The van der Waals surface area contributed by atoms with Gasteiger partial charge in [-0.25, -0.2) is 13.2 Å². The number of halogens is 3. The van der Waals surface area contributed by atoms with E-state index in [2.05, 4.69) is 11.9 Å². The van der Waals surface area contributed by atoms with Crippen molar-refractivity contribution in [3.63, 3.8) is 0 Å². The number of hydrogen-bond donors (Lipinski definition) is 2. The minimum Gasteiger partial charge on any atom is -0.396 e. The van der Waals surface area contributed by atoms with Gasteiger partial charge in [0.2, 0.25) is 0 Å². The van der Waals surface area contributed by atoms with Crippen LogP contribution in [0.25, 0.3) is 5.70 Å². The lowest BCUT2D eigenvalue weighted by atomic mass is 10.1. The van der Waals surface area contributed by atoms with E-state index < -0.39 is 11.6 Å². The van der Waals surface area contributed by atoms with Crippen LogP contribution in [-0.4, -0.2) is 0 Å². The third kappa shape index (κ3) is 2.88. The summed E-state index contributed by atoms with van der Waals surface area (Å²) in [5, 5.41) is 2.79. The van der Waals surface area contributed by atoms with Crippen LogP contribution < -0.4 is 11.1 Å². The van der Waals surface area contributed by atoms with E-state index in [1.54, 1.807) is 0 Å². The highest BCUT2D eigenvalue weighted by molar-refractivity contribution is 5.76. The first-order valence-corrected chi connectivity index (χ1v) is 5.44. The summed E-state index contributed by atoms with van der Waals surface area (Å²) in [6.45, 7) is 3.65. The molecule has 3 N–H and O–H groups in total. The maximum atomic E-state index is 13.6. The minimum absolute atomic E-state index is 0.0585. The molecule has 2 rings (SSSR count). The van der Waals surface area contributed by atoms with Crippen molar-refractivity contribution >= 4 is 17.1 Å². The zero-order valence-corrected chi connectivity index (χ0v) is 9.88. The number of rotatable bonds is 3. The molecule has 0 atom stereocenters. The molecule has 0 aliphatic rings. The van der Waals surface area contributed by atoms with Gasteiger partial charge in [-0.3, -0.25) is 0 Å². The molecule has 0 fully saturated rings. The maximum Gasteiger partial charge on any atom is 0.149 e. The smallest absolute Gasteiger partial charge is 0.149 e. The van der Waals surface area contributed by atoms with Crippen molar-refractivity contribution in [2.75, 3.05) is 11.1 Å². The molecule has 0 amide bonds. The van der Waals surface area contributed by atoms with Crippen LogP contribution in [-0.2, 0) is 0 Å². The van der Waals surface area contributed by atoms with Crippen LogP contribution in [0.3, 0.4) is 0 Å². The van der Waals surface area contributed by atoms with E-state index in [0.717, 1.165) is 6.07 Å². The van der Waals surface area contributed by atoms with Crippen molar-refractivity contribution in [3.05, 3.63) is 66.0 Å². The minimum atomic E-state index is -0.823. The number of anilines is 2. The van der Waals surface area contributed by atoms with Gasteiger partial charge in [0.05, 0.1) is 5.69 Å². The first kappa shape index (κ1) is 13.0. The highest BCUT2D eigenvalue weighted by Gasteiger charge is 2.10. The average Bonchev–Trinajstić information content (AvgIpc) is 2.36. The summed E-state index contributed by atoms with van der Waals surface area (Å²) in [4.78, 5) is 0. The van der Waals surface area contributed by atoms with Gasteiger partial charge < -0.3 is 11.1 Å². The lowest BCUT2D eigenvalue weighted by Gasteiger charge is -2.11. The van der Waals surface area contributed by atoms with Crippen molar-refractivity contribution < 1.29 is 13.2 Å². The summed E-state index contributed by atoms with van der Waals surface area (Å²) in [6.07, 6.45) is 0. The first-order valence-electron chi connectivity index (χ1n) is 5.44. The molecule has 0 bridgehead atoms. The molecule has 98 valence electrons. The Morgan fingerprint density at radius 2 is 1.63 bits per heavy atom. The summed E-state index contributed by atoms with van der Waals surface area (Å²) >= 11 is 0. The van der Waals surface area contributed by atoms with E-state index in [4.69, 9.17) is 5.73 Å². The Morgan fingerprint density at radius 3 is 2.26 bits per heavy atom. The molecule has 2 aromatic rings. The van der Waals surface area contributed by atoms with Crippen molar-refractivity contribution in [3.8, 4) is 0 Å². The molecule has 5 heteroatoms. The van der Waals surface area contributed by atoms with Crippen LogP contribution in [0.5, 0.6) is 0 Å². The molecule has 0 aliphatic heterocycles. The van der Waals surface area contributed by atoms with E-state index in [1.165, 1.54) is 24.3 Å². The third-order valence-electron chi connectivity index (χ3n) is 2.55. The second-order valence-corrected chi connectivity index (χ2v) is 3.96. The standard InChI is InChI=1S/C14H11F3N2/c1-8(19-10-4-2-9(15)3-5-10)11-6-14(18)13(17)7-12(11)16/h2-7,19H,1,18H2. The largest absolute Gasteiger partial charge is 0.396 e. The zero-order valence-electron chi connectivity index (χ0n) is 9.88. The van der Waals surface area contributed by atoms with Crippen molar-refractivity contribution in [1.82, 2.24) is 0 Å². The number of benzene rings is 2. The number of hydrogen-bond acceptors (Lipinski definition) is 2. The highest BCUT2D eigenvalue weighted by Crippen LogP contribution is 2.24. The van der Waals surface area contributed by atoms with E-state index >= 15 is 0 Å². The fourth-order valence-electron chi connectivity index (χ4n) is 1.57. The summed E-state index contributed by atoms with van der Waals surface area (Å²) in [5.74, 6) is -1.98. The van der Waals surface area contributed by atoms with Gasteiger partial charge >= 0.3 is 0 Å². The predicted molar refractivity (Wildman–Crippen MR) is 69.8 cm³/mol.